The fourth-order valence-electron chi connectivity index (χ4n) is 3.23. The molecule has 4 nitrogen and oxygen atoms in total. The molecule has 1 atom stereocenters. The quantitative estimate of drug-likeness (QED) is 0.586. The lowest BCUT2D eigenvalue weighted by atomic mass is 10.1. The molecule has 1 unspecified atom stereocenters. The van der Waals surface area contributed by atoms with Crippen molar-refractivity contribution in [1.29, 1.82) is 0 Å². The maximum Gasteiger partial charge on any atom is 0.267 e. The van der Waals surface area contributed by atoms with Gasteiger partial charge in [0.05, 0.1) is 16.7 Å². The van der Waals surface area contributed by atoms with Gasteiger partial charge < -0.3 is 10.3 Å². The highest BCUT2D eigenvalue weighted by atomic mass is 35.5. The number of halogens is 2. The molecule has 2 aromatic rings. The van der Waals surface area contributed by atoms with E-state index in [0.29, 0.717) is 10.7 Å². The Morgan fingerprint density at radius 1 is 1.35 bits per heavy atom. The molecule has 124 valence electrons. The monoisotopic (exact) mass is 369 g/mol. The molecule has 1 amide bonds. The molecule has 1 fully saturated rings. The van der Waals surface area contributed by atoms with E-state index in [-0.39, 0.29) is 17.1 Å². The topological polar surface area (TPSA) is 57.8 Å². The molecule has 3 heterocycles. The van der Waals surface area contributed by atoms with Crippen LogP contribution in [0.25, 0.3) is 10.9 Å². The first-order valence-corrected chi connectivity index (χ1v) is 12.2. The molecule has 2 N–H and O–H groups in total. The van der Waals surface area contributed by atoms with Gasteiger partial charge in [0.1, 0.15) is 10.8 Å². The molecule has 3 rings (SSSR count). The molecule has 2 aromatic heterocycles. The summed E-state index contributed by atoms with van der Waals surface area (Å²) < 4.78 is 0. The van der Waals surface area contributed by atoms with E-state index in [0.717, 1.165) is 23.7 Å². The summed E-state index contributed by atoms with van der Waals surface area (Å²) in [6.07, 6.45) is 4.96. The maximum absolute atomic E-state index is 12.5. The van der Waals surface area contributed by atoms with Gasteiger partial charge in [0, 0.05) is 19.5 Å². The van der Waals surface area contributed by atoms with Crippen LogP contribution in [0.5, 0.6) is 0 Å². The van der Waals surface area contributed by atoms with E-state index < -0.39 is 8.07 Å². The molecule has 23 heavy (non-hydrogen) atoms. The zero-order valence-electron chi connectivity index (χ0n) is 13.4. The van der Waals surface area contributed by atoms with E-state index in [9.17, 15) is 4.79 Å². The number of nitrogens with one attached hydrogen (secondary N) is 2. The van der Waals surface area contributed by atoms with Crippen LogP contribution < -0.4 is 5.32 Å². The molecular formula is C16H21Cl2N3OSi. The summed E-state index contributed by atoms with van der Waals surface area (Å²) >= 11 is 12.1. The molecule has 1 aliphatic heterocycles. The summed E-state index contributed by atoms with van der Waals surface area (Å²) in [5, 5.41) is 4.52. The Morgan fingerprint density at radius 2 is 2.13 bits per heavy atom. The van der Waals surface area contributed by atoms with Crippen molar-refractivity contribution in [1.82, 2.24) is 15.3 Å². The van der Waals surface area contributed by atoms with Crippen molar-refractivity contribution in [2.24, 2.45) is 0 Å². The highest BCUT2D eigenvalue weighted by Crippen LogP contribution is 2.30. The van der Waals surface area contributed by atoms with Crippen LogP contribution >= 0.6 is 23.2 Å². The summed E-state index contributed by atoms with van der Waals surface area (Å²) in [7, 11) is -1.05. The molecule has 0 bridgehead atoms. The molecule has 1 aliphatic rings. The number of fused-ring (bicyclic) bond motifs is 1. The van der Waals surface area contributed by atoms with Crippen LogP contribution in [0.1, 0.15) is 29.8 Å². The average molecular weight is 370 g/mol. The highest BCUT2D eigenvalue weighted by Gasteiger charge is 2.27. The van der Waals surface area contributed by atoms with Gasteiger partial charge in [-0.25, -0.2) is 4.98 Å². The Bertz CT molecular complexity index is 744. The lowest BCUT2D eigenvalue weighted by Gasteiger charge is -2.19. The second-order valence-corrected chi connectivity index (χ2v) is 13.2. The maximum atomic E-state index is 12.5. The van der Waals surface area contributed by atoms with Crippen molar-refractivity contribution in [3.63, 3.8) is 0 Å². The molecule has 7 heteroatoms. The number of carbonyl (C=O) groups excluding carboxylic acids is 1. The number of hydrogen-bond acceptors (Lipinski definition) is 2. The largest absolute Gasteiger partial charge is 0.349 e. The third-order valence-corrected chi connectivity index (χ3v) is 8.84. The Hall–Kier alpha value is -1.04. The predicted molar refractivity (Wildman–Crippen MR) is 98.3 cm³/mol. The number of aromatic amines is 1. The van der Waals surface area contributed by atoms with Gasteiger partial charge >= 0.3 is 0 Å². The predicted octanol–water partition coefficient (Wildman–Crippen LogP) is 4.86. The summed E-state index contributed by atoms with van der Waals surface area (Å²) in [5.41, 5.74) is 1.23. The lowest BCUT2D eigenvalue weighted by Crippen LogP contribution is -2.35. The van der Waals surface area contributed by atoms with E-state index >= 15 is 0 Å². The minimum absolute atomic E-state index is 0.0836. The van der Waals surface area contributed by atoms with Crippen molar-refractivity contribution >= 4 is 48.1 Å². The molecule has 0 saturated carbocycles. The summed E-state index contributed by atoms with van der Waals surface area (Å²) in [6.45, 7) is 4.88. The minimum atomic E-state index is -1.05. The highest BCUT2D eigenvalue weighted by molar-refractivity contribution is 6.77. The first-order valence-electron chi connectivity index (χ1n) is 7.99. The third kappa shape index (κ3) is 3.73. The Morgan fingerprint density at radius 3 is 2.91 bits per heavy atom. The average Bonchev–Trinajstić information content (AvgIpc) is 2.86. The van der Waals surface area contributed by atoms with E-state index in [1.54, 1.807) is 12.3 Å². The van der Waals surface area contributed by atoms with Crippen molar-refractivity contribution in [2.75, 3.05) is 0 Å². The van der Waals surface area contributed by atoms with E-state index in [2.05, 4.69) is 28.4 Å². The molecular weight excluding hydrogens is 349 g/mol. The number of nitrogens with zero attached hydrogens (tertiary/aromatic N) is 1. The van der Waals surface area contributed by atoms with Crippen LogP contribution in [-0.2, 0) is 0 Å². The SMILES string of the molecule is C[Si]1(C)CCCC(NC(=O)c2cc3c(Cl)c(Cl)ncc3[nH]2)CC1. The number of hydrogen-bond donors (Lipinski definition) is 2. The number of pyridine rings is 1. The van der Waals surface area contributed by atoms with Gasteiger partial charge in [0.15, 0.2) is 0 Å². The molecule has 1 saturated heterocycles. The number of amides is 1. The van der Waals surface area contributed by atoms with Gasteiger partial charge in [0.25, 0.3) is 5.91 Å². The standard InChI is InChI=1S/C16H21Cl2N3OSi/c1-23(2)6-3-4-10(5-7-23)20-16(22)12-8-11-13(21-12)9-19-15(18)14(11)17/h8-10,21H,3-7H2,1-2H3,(H,20,22). The Labute approximate surface area is 147 Å². The van der Waals surface area contributed by atoms with Gasteiger partial charge in [-0.05, 0) is 18.9 Å². The van der Waals surface area contributed by atoms with Crippen LogP contribution in [0.15, 0.2) is 12.3 Å². The molecule has 0 radical (unpaired) electrons. The van der Waals surface area contributed by atoms with Crippen LogP contribution in [0.3, 0.4) is 0 Å². The lowest BCUT2D eigenvalue weighted by molar-refractivity contribution is 0.0930. The van der Waals surface area contributed by atoms with E-state index in [1.165, 1.54) is 18.5 Å². The van der Waals surface area contributed by atoms with Crippen molar-refractivity contribution in [3.8, 4) is 0 Å². The fraction of sp³-hybridized carbons (Fsp3) is 0.500. The number of rotatable bonds is 2. The normalized spacial score (nSPS) is 21.1. The van der Waals surface area contributed by atoms with E-state index in [4.69, 9.17) is 23.2 Å². The minimum Gasteiger partial charge on any atom is -0.349 e. The van der Waals surface area contributed by atoms with Crippen LogP contribution in [-0.4, -0.2) is 30.0 Å². The first kappa shape index (κ1) is 16.8. The Balaban J connectivity index is 1.75. The summed E-state index contributed by atoms with van der Waals surface area (Å²) in [6, 6.07) is 4.64. The summed E-state index contributed by atoms with van der Waals surface area (Å²) in [4.78, 5) is 19.6. The van der Waals surface area contributed by atoms with Gasteiger partial charge in [0.2, 0.25) is 0 Å². The zero-order valence-corrected chi connectivity index (χ0v) is 15.9. The molecule has 0 aromatic carbocycles. The van der Waals surface area contributed by atoms with Crippen molar-refractivity contribution in [2.45, 2.75) is 50.5 Å². The third-order valence-electron chi connectivity index (χ3n) is 4.73. The second-order valence-electron chi connectivity index (χ2n) is 7.14. The first-order chi connectivity index (χ1) is 10.9. The molecule has 0 aliphatic carbocycles. The van der Waals surface area contributed by atoms with Gasteiger partial charge in [-0.15, -0.1) is 0 Å². The number of H-pyrrole nitrogens is 1. The zero-order chi connectivity index (χ0) is 16.6. The van der Waals surface area contributed by atoms with Crippen molar-refractivity contribution < 1.29 is 4.79 Å². The van der Waals surface area contributed by atoms with Gasteiger partial charge in [-0.3, -0.25) is 4.79 Å². The fourth-order valence-corrected chi connectivity index (χ4v) is 6.13. The number of aromatic nitrogens is 2. The van der Waals surface area contributed by atoms with Gasteiger partial charge in [-0.2, -0.15) is 0 Å². The number of carbonyl (C=O) groups is 1. The van der Waals surface area contributed by atoms with Crippen LogP contribution in [0, 0.1) is 0 Å². The smallest absolute Gasteiger partial charge is 0.267 e. The second kappa shape index (κ2) is 6.46. The van der Waals surface area contributed by atoms with Crippen LogP contribution in [0.2, 0.25) is 35.4 Å². The summed E-state index contributed by atoms with van der Waals surface area (Å²) in [5.74, 6) is -0.0836. The van der Waals surface area contributed by atoms with Crippen molar-refractivity contribution in [3.05, 3.63) is 28.1 Å². The molecule has 0 spiro atoms. The van der Waals surface area contributed by atoms with Gasteiger partial charge in [-0.1, -0.05) is 54.8 Å². The Kier molecular flexibility index (Phi) is 4.72. The van der Waals surface area contributed by atoms with E-state index in [1.807, 2.05) is 0 Å². The van der Waals surface area contributed by atoms with Crippen LogP contribution in [0.4, 0.5) is 0 Å².